The Morgan fingerprint density at radius 1 is 1.15 bits per heavy atom. The van der Waals surface area contributed by atoms with Gasteiger partial charge in [0.15, 0.2) is 0 Å². The van der Waals surface area contributed by atoms with Crippen molar-refractivity contribution in [2.75, 3.05) is 6.54 Å². The molecule has 2 N–H and O–H groups in total. The molecule has 0 saturated carbocycles. The van der Waals surface area contributed by atoms with Crippen LogP contribution in [0.25, 0.3) is 0 Å². The molecule has 0 aliphatic carbocycles. The Hall–Kier alpha value is -1.75. The molecule has 1 aromatic rings. The predicted molar refractivity (Wildman–Crippen MR) is 80.1 cm³/mol. The summed E-state index contributed by atoms with van der Waals surface area (Å²) in [5, 5.41) is 5.41. The molecular weight excluding hydrogens is 272 g/mol. The van der Waals surface area contributed by atoms with Crippen molar-refractivity contribution < 1.29 is 9.59 Å². The molecule has 1 aliphatic rings. The van der Waals surface area contributed by atoms with Crippen LogP contribution in [0.4, 0.5) is 0 Å². The van der Waals surface area contributed by atoms with Crippen LogP contribution in [0.5, 0.6) is 0 Å². The molecule has 0 fully saturated rings. The van der Waals surface area contributed by atoms with Crippen molar-refractivity contribution in [1.29, 1.82) is 0 Å². The summed E-state index contributed by atoms with van der Waals surface area (Å²) in [7, 11) is 0. The number of nitrogens with one attached hydrogen (secondary N) is 2. The highest BCUT2D eigenvalue weighted by Gasteiger charge is 2.30. The highest BCUT2D eigenvalue weighted by Crippen LogP contribution is 2.31. The number of unbranched alkanes of at least 4 members (excludes halogenated alkanes) is 1. The van der Waals surface area contributed by atoms with Crippen LogP contribution in [0.1, 0.15) is 25.3 Å². The second-order valence-electron chi connectivity index (χ2n) is 4.68. The summed E-state index contributed by atoms with van der Waals surface area (Å²) in [4.78, 5) is 25.0. The molecule has 0 atom stereocenters. The molecule has 2 amide bonds. The summed E-state index contributed by atoms with van der Waals surface area (Å²) >= 11 is 1.32. The lowest BCUT2D eigenvalue weighted by Gasteiger charge is -2.06. The molecule has 0 saturated heterocycles. The van der Waals surface area contributed by atoms with E-state index in [0.29, 0.717) is 17.1 Å². The molecule has 106 valence electrons. The number of amides is 2. The molecule has 0 aromatic heterocycles. The maximum atomic E-state index is 11.8. The lowest BCUT2D eigenvalue weighted by Crippen LogP contribution is -2.27. The SMILES string of the molecule is CCCCNC1=C(Sc2ccc(C)cc2)C(=O)NC1=O. The average molecular weight is 290 g/mol. The summed E-state index contributed by atoms with van der Waals surface area (Å²) in [5.74, 6) is -0.653. The first-order chi connectivity index (χ1) is 9.61. The van der Waals surface area contributed by atoms with Crippen molar-refractivity contribution in [3.63, 3.8) is 0 Å². The number of imide groups is 1. The minimum Gasteiger partial charge on any atom is -0.379 e. The fourth-order valence-corrected chi connectivity index (χ4v) is 2.73. The molecule has 5 heteroatoms. The monoisotopic (exact) mass is 290 g/mol. The Morgan fingerprint density at radius 2 is 1.85 bits per heavy atom. The summed E-state index contributed by atoms with van der Waals surface area (Å²) in [6.45, 7) is 4.79. The van der Waals surface area contributed by atoms with Crippen LogP contribution in [-0.4, -0.2) is 18.4 Å². The first-order valence-electron chi connectivity index (χ1n) is 6.70. The quantitative estimate of drug-likeness (QED) is 0.624. The number of benzene rings is 1. The maximum Gasteiger partial charge on any atom is 0.275 e. The lowest BCUT2D eigenvalue weighted by molar-refractivity contribution is -0.124. The van der Waals surface area contributed by atoms with Crippen molar-refractivity contribution in [1.82, 2.24) is 10.6 Å². The number of aryl methyl sites for hydroxylation is 1. The zero-order valence-electron chi connectivity index (χ0n) is 11.7. The fraction of sp³-hybridized carbons (Fsp3) is 0.333. The Balaban J connectivity index is 2.17. The van der Waals surface area contributed by atoms with Gasteiger partial charge in [0.1, 0.15) is 10.6 Å². The van der Waals surface area contributed by atoms with Crippen molar-refractivity contribution in [3.05, 3.63) is 40.4 Å². The zero-order valence-corrected chi connectivity index (χ0v) is 12.5. The van der Waals surface area contributed by atoms with Gasteiger partial charge in [-0.25, -0.2) is 0 Å². The molecule has 1 heterocycles. The molecule has 0 bridgehead atoms. The van der Waals surface area contributed by atoms with Gasteiger partial charge in [-0.05, 0) is 25.5 Å². The Bertz CT molecular complexity index is 549. The third-order valence-corrected chi connectivity index (χ3v) is 4.06. The van der Waals surface area contributed by atoms with E-state index in [1.807, 2.05) is 31.2 Å². The van der Waals surface area contributed by atoms with Gasteiger partial charge in [0.05, 0.1) is 0 Å². The van der Waals surface area contributed by atoms with Crippen LogP contribution in [-0.2, 0) is 9.59 Å². The van der Waals surface area contributed by atoms with Crippen molar-refractivity contribution in [2.45, 2.75) is 31.6 Å². The third-order valence-electron chi connectivity index (χ3n) is 2.96. The van der Waals surface area contributed by atoms with E-state index >= 15 is 0 Å². The molecule has 20 heavy (non-hydrogen) atoms. The summed E-state index contributed by atoms with van der Waals surface area (Å²) in [6.07, 6.45) is 2.00. The minimum absolute atomic E-state index is 0.320. The van der Waals surface area contributed by atoms with Gasteiger partial charge in [0.2, 0.25) is 0 Å². The van der Waals surface area contributed by atoms with E-state index in [2.05, 4.69) is 17.6 Å². The van der Waals surface area contributed by atoms with E-state index in [4.69, 9.17) is 0 Å². The number of carbonyl (C=O) groups excluding carboxylic acids is 2. The maximum absolute atomic E-state index is 11.8. The second-order valence-corrected chi connectivity index (χ2v) is 5.77. The smallest absolute Gasteiger partial charge is 0.275 e. The summed E-state index contributed by atoms with van der Waals surface area (Å²) in [5.41, 5.74) is 1.56. The normalized spacial score (nSPS) is 14.7. The van der Waals surface area contributed by atoms with Crippen molar-refractivity contribution in [2.24, 2.45) is 0 Å². The summed E-state index contributed by atoms with van der Waals surface area (Å²) in [6, 6.07) is 7.88. The van der Waals surface area contributed by atoms with Crippen LogP contribution >= 0.6 is 11.8 Å². The van der Waals surface area contributed by atoms with Crippen LogP contribution in [0.3, 0.4) is 0 Å². The van der Waals surface area contributed by atoms with Gasteiger partial charge in [0, 0.05) is 11.4 Å². The second kappa shape index (κ2) is 6.61. The lowest BCUT2D eigenvalue weighted by atomic mass is 10.2. The molecule has 1 aliphatic heterocycles. The van der Waals surface area contributed by atoms with Crippen LogP contribution < -0.4 is 10.6 Å². The van der Waals surface area contributed by atoms with E-state index in [0.717, 1.165) is 23.3 Å². The predicted octanol–water partition coefficient (Wildman–Crippen LogP) is 2.34. The van der Waals surface area contributed by atoms with Gasteiger partial charge >= 0.3 is 0 Å². The molecule has 4 nitrogen and oxygen atoms in total. The van der Waals surface area contributed by atoms with Gasteiger partial charge in [0.25, 0.3) is 11.8 Å². The first kappa shape index (κ1) is 14.7. The highest BCUT2D eigenvalue weighted by atomic mass is 32.2. The number of rotatable bonds is 6. The Kier molecular flexibility index (Phi) is 4.84. The van der Waals surface area contributed by atoms with Gasteiger partial charge < -0.3 is 5.32 Å². The van der Waals surface area contributed by atoms with E-state index in [9.17, 15) is 9.59 Å². The van der Waals surface area contributed by atoms with E-state index in [-0.39, 0.29) is 11.8 Å². The number of hydrogen-bond acceptors (Lipinski definition) is 4. The number of thioether (sulfide) groups is 1. The third kappa shape index (κ3) is 3.42. The van der Waals surface area contributed by atoms with Crippen molar-refractivity contribution >= 4 is 23.6 Å². The van der Waals surface area contributed by atoms with Crippen LogP contribution in [0, 0.1) is 6.92 Å². The Labute approximate surface area is 123 Å². The molecule has 2 rings (SSSR count). The first-order valence-corrected chi connectivity index (χ1v) is 7.52. The topological polar surface area (TPSA) is 58.2 Å². The van der Waals surface area contributed by atoms with Crippen LogP contribution in [0.15, 0.2) is 39.8 Å². The van der Waals surface area contributed by atoms with E-state index < -0.39 is 0 Å². The van der Waals surface area contributed by atoms with Gasteiger partial charge in [-0.3, -0.25) is 14.9 Å². The number of hydrogen-bond donors (Lipinski definition) is 2. The van der Waals surface area contributed by atoms with E-state index in [1.54, 1.807) is 0 Å². The number of carbonyl (C=O) groups is 2. The van der Waals surface area contributed by atoms with Gasteiger partial charge in [-0.15, -0.1) is 0 Å². The molecule has 0 radical (unpaired) electrons. The zero-order chi connectivity index (χ0) is 14.5. The van der Waals surface area contributed by atoms with Crippen LogP contribution in [0.2, 0.25) is 0 Å². The highest BCUT2D eigenvalue weighted by molar-refractivity contribution is 8.04. The van der Waals surface area contributed by atoms with Crippen molar-refractivity contribution in [3.8, 4) is 0 Å². The fourth-order valence-electron chi connectivity index (χ4n) is 1.81. The molecule has 1 aromatic carbocycles. The average Bonchev–Trinajstić information content (AvgIpc) is 2.68. The molecule has 0 unspecified atom stereocenters. The minimum atomic E-state index is -0.333. The summed E-state index contributed by atoms with van der Waals surface area (Å²) < 4.78 is 0. The largest absolute Gasteiger partial charge is 0.379 e. The standard InChI is InChI=1S/C15H18N2O2S/c1-3-4-9-16-12-13(15(19)17-14(12)18)20-11-7-5-10(2)6-8-11/h5-8H,3-4,9H2,1-2H3,(H2,16,17,18,19). The molecule has 0 spiro atoms. The van der Waals surface area contributed by atoms with Gasteiger partial charge in [-0.1, -0.05) is 42.8 Å². The van der Waals surface area contributed by atoms with E-state index in [1.165, 1.54) is 11.8 Å². The Morgan fingerprint density at radius 3 is 2.50 bits per heavy atom. The van der Waals surface area contributed by atoms with Gasteiger partial charge in [-0.2, -0.15) is 0 Å². The molecular formula is C15H18N2O2S.